The number of aliphatic hydroxyl groups is 6. The number of carbonyl (C=O) groups is 8. The van der Waals surface area contributed by atoms with Crippen LogP contribution in [0.2, 0.25) is 5.02 Å². The summed E-state index contributed by atoms with van der Waals surface area (Å²) in [6, 6.07) is 8.69. The Balaban J connectivity index is 1.000. The van der Waals surface area contributed by atoms with E-state index < -0.39 is 231 Å². The summed E-state index contributed by atoms with van der Waals surface area (Å²) in [4.78, 5) is 123. The summed E-state index contributed by atoms with van der Waals surface area (Å²) < 4.78 is 39.8. The van der Waals surface area contributed by atoms with Gasteiger partial charge in [0.15, 0.2) is 35.9 Å². The number of halogens is 1. The lowest BCUT2D eigenvalue weighted by Crippen LogP contribution is -2.66. The molecular formula is C89H115ClN12O24. The van der Waals surface area contributed by atoms with Gasteiger partial charge < -0.3 is 139 Å². The van der Waals surface area contributed by atoms with E-state index in [0.717, 1.165) is 79.4 Å². The van der Waals surface area contributed by atoms with Crippen LogP contribution in [0.1, 0.15) is 201 Å². The first-order valence-electron chi connectivity index (χ1n) is 42.6. The Bertz CT molecular complexity index is 4880. The summed E-state index contributed by atoms with van der Waals surface area (Å²) in [5, 5.41) is 141. The van der Waals surface area contributed by atoms with Crippen LogP contribution in [0.5, 0.6) is 46.0 Å². The van der Waals surface area contributed by atoms with Crippen molar-refractivity contribution in [2.45, 2.75) is 253 Å². The normalized spacial score (nSPS) is 26.0. The summed E-state index contributed by atoms with van der Waals surface area (Å²) in [6.45, 7) is 9.24. The molecule has 126 heavy (non-hydrogen) atoms. The molecule has 0 aliphatic carbocycles. The van der Waals surface area contributed by atoms with E-state index in [-0.39, 0.29) is 65.9 Å². The summed E-state index contributed by atoms with van der Waals surface area (Å²) in [5.74, 6) is -15.2. The van der Waals surface area contributed by atoms with Crippen molar-refractivity contribution in [1.82, 2.24) is 47.9 Å². The van der Waals surface area contributed by atoms with E-state index in [1.807, 2.05) is 32.9 Å². The van der Waals surface area contributed by atoms with Gasteiger partial charge >= 0.3 is 5.97 Å². The zero-order valence-electron chi connectivity index (χ0n) is 70.9. The number of nitrogens with one attached hydrogen (secondary N) is 9. The zero-order chi connectivity index (χ0) is 91.0. The molecule has 36 nitrogen and oxygen atoms in total. The number of fused-ring (bicyclic) bond motifs is 15. The number of phenols is 3. The van der Waals surface area contributed by atoms with Gasteiger partial charge in [-0.05, 0) is 134 Å². The Morgan fingerprint density at radius 2 is 1.30 bits per heavy atom. The number of carboxylic acid groups (broad SMARTS) is 1. The van der Waals surface area contributed by atoms with Crippen molar-refractivity contribution >= 4 is 70.6 Å². The molecule has 0 radical (unpaired) electrons. The Labute approximate surface area is 733 Å². The first-order valence-corrected chi connectivity index (χ1v) is 43.0. The van der Waals surface area contributed by atoms with Crippen LogP contribution in [-0.2, 0) is 59.1 Å². The molecule has 682 valence electrons. The molecule has 37 heteroatoms. The molecule has 11 bridgehead atoms. The number of phenolic OH excluding ortho intramolecular Hbond substituents is 3. The minimum atomic E-state index is -2.33. The van der Waals surface area contributed by atoms with Gasteiger partial charge in [-0.25, -0.2) is 9.79 Å². The molecule has 23 N–H and O–H groups in total. The Morgan fingerprint density at radius 1 is 0.667 bits per heavy atom. The van der Waals surface area contributed by atoms with Crippen molar-refractivity contribution < 1.29 is 118 Å². The number of aliphatic hydroxyl groups excluding tert-OH is 6. The van der Waals surface area contributed by atoms with Crippen LogP contribution in [0, 0.1) is 5.92 Å². The molecule has 2 fully saturated rings. The number of nitrogens with zero attached hydrogens (tertiary/aromatic N) is 1. The monoisotopic (exact) mass is 1770 g/mol. The second-order valence-corrected chi connectivity index (χ2v) is 33.3. The average molecular weight is 1770 g/mol. The molecular weight excluding hydrogens is 1660 g/mol. The lowest BCUT2D eigenvalue weighted by molar-refractivity contribution is -0.335. The highest BCUT2D eigenvalue weighted by Crippen LogP contribution is 2.50. The molecule has 6 aromatic rings. The predicted molar refractivity (Wildman–Crippen MR) is 458 cm³/mol. The number of hydrogen-bond acceptors (Lipinski definition) is 26. The van der Waals surface area contributed by atoms with Crippen LogP contribution in [0.15, 0.2) is 114 Å². The minimum absolute atomic E-state index is 0.0489. The van der Waals surface area contributed by atoms with Crippen molar-refractivity contribution in [2.24, 2.45) is 22.4 Å². The standard InChI is InChI=1S/C89H115ClN12O24/c1-7-9-10-11-12-13-14-15-16-17-18-19-32-94-88(92)96-51-26-20-46(21-27-51)42-95-89(8-2)41-66(121-45(5)79(89)112)125-78-76(111)75(110)64(43-103)124-87(78)126-77-62-36-50-37-63(77)123-61-31-25-49(35-56(61)90)74(109)72-85(118)100-70(86(119)120)55-38-52(104)39-60(106)67(55)54-34-48(24-30-59(54)105)68(82(115)102-72)99-83(116)69(50)98-81(114)58(40-65(91)107)97-84(117)71(101-80(113)57(93-6)33-44(3)4)73(108)47-22-28-53(122-62)29-23-47/h20-31,34-39,44-45,57-58,64,66,68-76,78-79,87,93,95,103-106,108-112H,7-19,32-33,40-43H2,1-6H3,(H2,91,107)(H,97,117)(H,98,114)(H,99,116)(H,100,118)(H,101,113)(H,102,115)(H,119,120)(H3,92,94,96)/t45?,57-,58?,64?,66+,68-,69-,70+,71-,72+,73-,74-,75-,76?,78?,79-,87+,89?/m1/s1. The highest BCUT2D eigenvalue weighted by atomic mass is 35.5. The molecule has 7 aliphatic heterocycles. The maximum Gasteiger partial charge on any atom is 0.330 e. The molecule has 2 saturated heterocycles. The maximum absolute atomic E-state index is 16.2. The number of unbranched alkanes of at least 4 members (excludes halogenated alkanes) is 11. The molecule has 13 rings (SSSR count). The Kier molecular flexibility index (Phi) is 33.0. The van der Waals surface area contributed by atoms with Gasteiger partial charge in [0.2, 0.25) is 53.4 Å². The van der Waals surface area contributed by atoms with Gasteiger partial charge in [-0.1, -0.05) is 146 Å². The summed E-state index contributed by atoms with van der Waals surface area (Å²) in [7, 11) is 1.49. The maximum atomic E-state index is 16.2. The van der Waals surface area contributed by atoms with Crippen molar-refractivity contribution in [1.29, 1.82) is 0 Å². The van der Waals surface area contributed by atoms with Crippen LogP contribution in [-0.4, -0.2) is 203 Å². The number of primary amides is 1. The van der Waals surface area contributed by atoms with Crippen molar-refractivity contribution in [3.63, 3.8) is 0 Å². The first-order chi connectivity index (χ1) is 60.2. The van der Waals surface area contributed by atoms with Gasteiger partial charge in [-0.3, -0.25) is 33.6 Å². The third-order valence-electron chi connectivity index (χ3n) is 23.3. The van der Waals surface area contributed by atoms with Crippen LogP contribution in [0.4, 0.5) is 5.69 Å². The van der Waals surface area contributed by atoms with Crippen LogP contribution < -0.4 is 73.5 Å². The lowest BCUT2D eigenvalue weighted by atomic mass is 9.80. The number of aromatic hydroxyl groups is 3. The smallest absolute Gasteiger partial charge is 0.330 e. The molecule has 6 aromatic carbocycles. The number of guanidine groups is 1. The molecule has 7 heterocycles. The van der Waals surface area contributed by atoms with Gasteiger partial charge in [0.25, 0.3) is 0 Å². The first kappa shape index (κ1) is 95.7. The fraction of sp³-hybridized carbons (Fsp3) is 0.494. The van der Waals surface area contributed by atoms with Crippen LogP contribution in [0.25, 0.3) is 11.1 Å². The van der Waals surface area contributed by atoms with E-state index in [0.29, 0.717) is 12.2 Å². The zero-order valence-corrected chi connectivity index (χ0v) is 71.6. The number of amides is 7. The SMILES string of the molecule is CCCCCCCCCCCCCCN/C(N)=N/c1ccc(CNC2(CC)C[C@H](OC3C(O)[C@H](O)C(CO)O[C@H]3Oc3c4cc5cc3Oc3ccc(cc3Cl)[C@@H](O)[C@@H]3NC(=O)[C@H](NC(=O)[C@@H]5NC(=O)C(CC(N)=O)NC(=O)[C@H](NC(=O)[C@@H](CC(C)C)NC)[C@H](O)c5ccc(cc5)O4)c4ccc(O)c(c4)-c4c(O)cc(O)cc4[C@@H](C(=O)O)NC3=O)OC(C)[C@H]2O)cc1. The van der Waals surface area contributed by atoms with Crippen molar-refractivity contribution in [3.05, 3.63) is 148 Å². The Morgan fingerprint density at radius 3 is 1.94 bits per heavy atom. The highest BCUT2D eigenvalue weighted by Gasteiger charge is 2.53. The van der Waals surface area contributed by atoms with Crippen molar-refractivity contribution in [3.8, 4) is 57.1 Å². The van der Waals surface area contributed by atoms with Crippen LogP contribution in [0.3, 0.4) is 0 Å². The summed E-state index contributed by atoms with van der Waals surface area (Å²) >= 11 is 7.17. The number of ether oxygens (including phenoxy) is 6. The van der Waals surface area contributed by atoms with Crippen molar-refractivity contribution in [2.75, 3.05) is 20.2 Å². The topological polar surface area (TPSA) is 567 Å². The van der Waals surface area contributed by atoms with Gasteiger partial charge in [0, 0.05) is 42.3 Å². The molecule has 0 saturated carbocycles. The molecule has 0 spiro atoms. The molecule has 7 aliphatic rings. The number of carbonyl (C=O) groups excluding carboxylic acids is 7. The van der Waals surface area contributed by atoms with E-state index in [9.17, 15) is 75.0 Å². The summed E-state index contributed by atoms with van der Waals surface area (Å²) in [6.07, 6.45) is -3.41. The summed E-state index contributed by atoms with van der Waals surface area (Å²) in [5.41, 5.74) is 9.67. The average Bonchev–Trinajstić information content (AvgIpc) is 0.760. The van der Waals surface area contributed by atoms with E-state index in [4.69, 9.17) is 51.5 Å². The number of likely N-dealkylation sites (N-methyl/N-ethyl adjacent to an activating group) is 1. The lowest BCUT2D eigenvalue weighted by Gasteiger charge is -2.49. The van der Waals surface area contributed by atoms with Gasteiger partial charge in [-0.15, -0.1) is 0 Å². The van der Waals surface area contributed by atoms with Crippen LogP contribution >= 0.6 is 11.6 Å². The van der Waals surface area contributed by atoms with E-state index in [1.54, 1.807) is 19.1 Å². The third kappa shape index (κ3) is 23.4. The highest BCUT2D eigenvalue weighted by molar-refractivity contribution is 6.32. The predicted octanol–water partition coefficient (Wildman–Crippen LogP) is 5.91. The molecule has 7 amide bonds. The van der Waals surface area contributed by atoms with Gasteiger partial charge in [0.1, 0.15) is 89.5 Å². The Hall–Kier alpha value is -11.0. The second kappa shape index (κ2) is 43.5. The number of nitrogens with two attached hydrogens (primary N) is 2. The van der Waals surface area contributed by atoms with E-state index in [2.05, 4.69) is 59.8 Å². The second-order valence-electron chi connectivity index (χ2n) is 32.9. The number of benzene rings is 6. The number of aliphatic imine (C=N–C) groups is 1. The fourth-order valence-corrected chi connectivity index (χ4v) is 16.5. The molecule has 6 unspecified atom stereocenters. The quantitative estimate of drug-likeness (QED) is 0.0137. The number of hydrogen-bond donors (Lipinski definition) is 21. The van der Waals surface area contributed by atoms with E-state index in [1.165, 1.54) is 95.2 Å². The third-order valence-corrected chi connectivity index (χ3v) is 23.6. The molecule has 18 atom stereocenters. The minimum Gasteiger partial charge on any atom is -0.508 e. The van der Waals surface area contributed by atoms with E-state index >= 15 is 14.4 Å². The van der Waals surface area contributed by atoms with Gasteiger partial charge in [0.05, 0.1) is 47.5 Å². The fourth-order valence-electron chi connectivity index (χ4n) is 16.3. The largest absolute Gasteiger partial charge is 0.508 e. The number of aliphatic carboxylic acids is 1. The van der Waals surface area contributed by atoms with Gasteiger partial charge in [-0.2, -0.15) is 0 Å². The number of carboxylic acids is 1. The molecule has 0 aromatic heterocycles. The number of rotatable bonds is 31.